The number of halogens is 3. The van der Waals surface area contributed by atoms with E-state index in [4.69, 9.17) is 5.11 Å². The summed E-state index contributed by atoms with van der Waals surface area (Å²) in [6, 6.07) is 6.55. The summed E-state index contributed by atoms with van der Waals surface area (Å²) in [5, 5.41) is 10.6. The van der Waals surface area contributed by atoms with Gasteiger partial charge in [-0.1, -0.05) is 30.3 Å². The van der Waals surface area contributed by atoms with E-state index in [9.17, 15) is 18.0 Å². The molecule has 1 atom stereocenters. The zero-order chi connectivity index (χ0) is 13.6. The second-order valence-electron chi connectivity index (χ2n) is 3.88. The molecule has 0 aliphatic rings. The van der Waals surface area contributed by atoms with Gasteiger partial charge in [0.15, 0.2) is 0 Å². The van der Waals surface area contributed by atoms with Crippen molar-refractivity contribution in [2.24, 2.45) is 0 Å². The Morgan fingerprint density at radius 3 is 2.39 bits per heavy atom. The van der Waals surface area contributed by atoms with Crippen molar-refractivity contribution in [1.29, 1.82) is 0 Å². The van der Waals surface area contributed by atoms with Gasteiger partial charge in [0.25, 0.3) is 0 Å². The number of benzene rings is 1. The molecule has 0 bridgehead atoms. The first-order chi connectivity index (χ1) is 8.39. The first kappa shape index (κ1) is 14.5. The van der Waals surface area contributed by atoms with E-state index in [1.54, 1.807) is 30.3 Å². The fourth-order valence-corrected chi connectivity index (χ4v) is 1.51. The Balaban J connectivity index is 2.59. The zero-order valence-electron chi connectivity index (χ0n) is 9.57. The van der Waals surface area contributed by atoms with Crippen molar-refractivity contribution in [2.45, 2.75) is 25.1 Å². The van der Waals surface area contributed by atoms with Crippen LogP contribution in [0.5, 0.6) is 0 Å². The summed E-state index contributed by atoms with van der Waals surface area (Å²) in [6.45, 7) is -0.202. The van der Waals surface area contributed by atoms with E-state index in [1.807, 2.05) is 0 Å². The van der Waals surface area contributed by atoms with Crippen LogP contribution < -0.4 is 5.32 Å². The lowest BCUT2D eigenvalue weighted by Gasteiger charge is -2.21. The Morgan fingerprint density at radius 2 is 1.89 bits per heavy atom. The Hall–Kier alpha value is -1.56. The van der Waals surface area contributed by atoms with Gasteiger partial charge in [-0.3, -0.25) is 4.79 Å². The third-order valence-corrected chi connectivity index (χ3v) is 2.41. The van der Waals surface area contributed by atoms with Crippen LogP contribution in [-0.4, -0.2) is 29.8 Å². The summed E-state index contributed by atoms with van der Waals surface area (Å²) in [6.07, 6.45) is -4.93. The van der Waals surface area contributed by atoms with Crippen LogP contribution in [-0.2, 0) is 11.2 Å². The minimum Gasteiger partial charge on any atom is -0.481 e. The van der Waals surface area contributed by atoms with E-state index in [0.717, 1.165) is 0 Å². The summed E-state index contributed by atoms with van der Waals surface area (Å²) >= 11 is 0. The molecule has 0 spiro atoms. The van der Waals surface area contributed by atoms with Gasteiger partial charge in [0.2, 0.25) is 0 Å². The second kappa shape index (κ2) is 6.39. The van der Waals surface area contributed by atoms with Gasteiger partial charge in [0, 0.05) is 6.54 Å². The Morgan fingerprint density at radius 1 is 1.28 bits per heavy atom. The first-order valence-electron chi connectivity index (χ1n) is 5.45. The molecular weight excluding hydrogens is 247 g/mol. The molecule has 0 aliphatic heterocycles. The van der Waals surface area contributed by atoms with E-state index < -0.39 is 18.2 Å². The first-order valence-corrected chi connectivity index (χ1v) is 5.45. The normalized spacial score (nSPS) is 13.3. The molecule has 0 heterocycles. The third kappa shape index (κ3) is 5.18. The highest BCUT2D eigenvalue weighted by Crippen LogP contribution is 2.23. The summed E-state index contributed by atoms with van der Waals surface area (Å²) in [7, 11) is 0. The zero-order valence-corrected chi connectivity index (χ0v) is 9.57. The van der Waals surface area contributed by atoms with Crippen LogP contribution in [0.4, 0.5) is 13.2 Å². The fraction of sp³-hybridized carbons (Fsp3) is 0.417. The number of hydrogen-bond donors (Lipinski definition) is 2. The number of carboxylic acids is 1. The van der Waals surface area contributed by atoms with Crippen molar-refractivity contribution in [3.63, 3.8) is 0 Å². The predicted octanol–water partition coefficient (Wildman–Crippen LogP) is 2.22. The van der Waals surface area contributed by atoms with Crippen LogP contribution in [0.15, 0.2) is 30.3 Å². The van der Waals surface area contributed by atoms with Gasteiger partial charge < -0.3 is 10.4 Å². The molecule has 0 aromatic heterocycles. The number of hydrogen-bond acceptors (Lipinski definition) is 2. The fourth-order valence-electron chi connectivity index (χ4n) is 1.51. The maximum absolute atomic E-state index is 12.7. The standard InChI is InChI=1S/C12H14F3NO2/c13-12(14,15)10(16-7-6-11(17)18)8-9-4-2-1-3-5-9/h1-5,10,16H,6-8H2,(H,17,18). The van der Waals surface area contributed by atoms with Gasteiger partial charge >= 0.3 is 12.1 Å². The lowest BCUT2D eigenvalue weighted by atomic mass is 10.1. The van der Waals surface area contributed by atoms with E-state index >= 15 is 0 Å². The lowest BCUT2D eigenvalue weighted by Crippen LogP contribution is -2.44. The number of carbonyl (C=O) groups is 1. The van der Waals surface area contributed by atoms with Crippen LogP contribution in [0, 0.1) is 0 Å². The molecule has 0 amide bonds. The van der Waals surface area contributed by atoms with E-state index in [-0.39, 0.29) is 19.4 Å². The molecule has 1 unspecified atom stereocenters. The Labute approximate surface area is 103 Å². The molecule has 3 nitrogen and oxygen atoms in total. The molecule has 18 heavy (non-hydrogen) atoms. The maximum atomic E-state index is 12.7. The number of alkyl halides is 3. The lowest BCUT2D eigenvalue weighted by molar-refractivity contribution is -0.156. The summed E-state index contributed by atoms with van der Waals surface area (Å²) in [4.78, 5) is 10.3. The van der Waals surface area contributed by atoms with E-state index in [2.05, 4.69) is 5.32 Å². The van der Waals surface area contributed by atoms with Crippen molar-refractivity contribution in [3.05, 3.63) is 35.9 Å². The van der Waals surface area contributed by atoms with Crippen molar-refractivity contribution in [1.82, 2.24) is 5.32 Å². The van der Waals surface area contributed by atoms with Gasteiger partial charge in [-0.2, -0.15) is 13.2 Å². The molecule has 100 valence electrons. The summed E-state index contributed by atoms with van der Waals surface area (Å²) in [5.41, 5.74) is 0.558. The molecule has 6 heteroatoms. The predicted molar refractivity (Wildman–Crippen MR) is 60.2 cm³/mol. The smallest absolute Gasteiger partial charge is 0.404 e. The highest BCUT2D eigenvalue weighted by Gasteiger charge is 2.39. The van der Waals surface area contributed by atoms with Crippen LogP contribution in [0.3, 0.4) is 0 Å². The van der Waals surface area contributed by atoms with Crippen molar-refractivity contribution in [3.8, 4) is 0 Å². The van der Waals surface area contributed by atoms with Crippen molar-refractivity contribution < 1.29 is 23.1 Å². The van der Waals surface area contributed by atoms with Crippen LogP contribution in [0.2, 0.25) is 0 Å². The topological polar surface area (TPSA) is 49.3 Å². The quantitative estimate of drug-likeness (QED) is 0.825. The minimum atomic E-state index is -4.39. The highest BCUT2D eigenvalue weighted by atomic mass is 19.4. The number of nitrogens with one attached hydrogen (secondary N) is 1. The van der Waals surface area contributed by atoms with Crippen LogP contribution >= 0.6 is 0 Å². The SMILES string of the molecule is O=C(O)CCNC(Cc1ccccc1)C(F)(F)F. The largest absolute Gasteiger partial charge is 0.481 e. The molecule has 0 radical (unpaired) electrons. The minimum absolute atomic E-state index is 0.202. The number of rotatable bonds is 6. The molecule has 2 N–H and O–H groups in total. The van der Waals surface area contributed by atoms with Gasteiger partial charge in [0.05, 0.1) is 6.42 Å². The molecule has 1 aromatic rings. The molecule has 1 aromatic carbocycles. The average molecular weight is 261 g/mol. The Bertz CT molecular complexity index is 379. The molecule has 1 rings (SSSR count). The summed E-state index contributed by atoms with van der Waals surface area (Å²) in [5.74, 6) is -1.12. The van der Waals surface area contributed by atoms with Gasteiger partial charge in [0.1, 0.15) is 6.04 Å². The second-order valence-corrected chi connectivity index (χ2v) is 3.88. The van der Waals surface area contributed by atoms with Gasteiger partial charge in [-0.05, 0) is 12.0 Å². The van der Waals surface area contributed by atoms with E-state index in [1.165, 1.54) is 0 Å². The molecule has 0 fully saturated rings. The third-order valence-electron chi connectivity index (χ3n) is 2.41. The molecule has 0 saturated heterocycles. The number of aliphatic carboxylic acids is 1. The summed E-state index contributed by atoms with van der Waals surface area (Å²) < 4.78 is 38.2. The molecule has 0 aliphatic carbocycles. The van der Waals surface area contributed by atoms with Crippen molar-refractivity contribution in [2.75, 3.05) is 6.54 Å². The molecule has 0 saturated carbocycles. The van der Waals surface area contributed by atoms with Crippen molar-refractivity contribution >= 4 is 5.97 Å². The highest BCUT2D eigenvalue weighted by molar-refractivity contribution is 5.66. The van der Waals surface area contributed by atoms with Gasteiger partial charge in [-0.25, -0.2) is 0 Å². The van der Waals surface area contributed by atoms with Crippen LogP contribution in [0.25, 0.3) is 0 Å². The van der Waals surface area contributed by atoms with E-state index in [0.29, 0.717) is 5.56 Å². The molecular formula is C12H14F3NO2. The maximum Gasteiger partial charge on any atom is 0.404 e. The average Bonchev–Trinajstić information content (AvgIpc) is 2.27. The number of carboxylic acid groups (broad SMARTS) is 1. The van der Waals surface area contributed by atoms with Gasteiger partial charge in [-0.15, -0.1) is 0 Å². The monoisotopic (exact) mass is 261 g/mol. The van der Waals surface area contributed by atoms with Crippen LogP contribution in [0.1, 0.15) is 12.0 Å². The Kier molecular flexibility index (Phi) is 5.15.